The Morgan fingerprint density at radius 3 is 2.76 bits per heavy atom. The van der Waals surface area contributed by atoms with Crippen molar-refractivity contribution in [2.45, 2.75) is 18.0 Å². The van der Waals surface area contributed by atoms with Gasteiger partial charge in [-0.1, -0.05) is 0 Å². The van der Waals surface area contributed by atoms with Gasteiger partial charge in [0.25, 0.3) is 0 Å². The van der Waals surface area contributed by atoms with Crippen molar-refractivity contribution >= 4 is 23.6 Å². The van der Waals surface area contributed by atoms with Gasteiger partial charge in [0, 0.05) is 29.7 Å². The van der Waals surface area contributed by atoms with Crippen LogP contribution in [0.3, 0.4) is 0 Å². The Balaban J connectivity index is 0.00000161. The van der Waals surface area contributed by atoms with E-state index in [4.69, 9.17) is 10.8 Å². The summed E-state index contributed by atoms with van der Waals surface area (Å²) in [7, 11) is 0. The summed E-state index contributed by atoms with van der Waals surface area (Å²) < 4.78 is 1.89. The van der Waals surface area contributed by atoms with E-state index in [1.807, 2.05) is 10.8 Å². The van der Waals surface area contributed by atoms with E-state index in [9.17, 15) is 9.59 Å². The Kier molecular flexibility index (Phi) is 4.55. The summed E-state index contributed by atoms with van der Waals surface area (Å²) in [6.45, 7) is 0.638. The molecule has 2 atom stereocenters. The molecule has 6 nitrogen and oxygen atoms in total. The summed E-state index contributed by atoms with van der Waals surface area (Å²) in [5.41, 5.74) is 7.09. The maximum absolute atomic E-state index is 11.6. The van der Waals surface area contributed by atoms with Crippen molar-refractivity contribution in [1.29, 1.82) is 0 Å². The number of nitrogens with two attached hydrogens (primary N) is 1. The van der Waals surface area contributed by atoms with E-state index < -0.39 is 5.97 Å². The number of carboxylic acid groups (broad SMARTS) is 1. The number of hydrogen-bond acceptors (Lipinski definition) is 4. The van der Waals surface area contributed by atoms with Crippen LogP contribution in [0.5, 0.6) is 0 Å². The van der Waals surface area contributed by atoms with Crippen LogP contribution in [0, 0.1) is 0 Å². The number of fused-ring (bicyclic) bond motifs is 1. The minimum absolute atomic E-state index is 0. The molecule has 0 bridgehead atoms. The number of halogens is 1. The summed E-state index contributed by atoms with van der Waals surface area (Å²) in [6.07, 6.45) is 5.32. The number of pyridine rings is 1. The maximum Gasteiger partial charge on any atom is 0.336 e. The zero-order chi connectivity index (χ0) is 14.3. The van der Waals surface area contributed by atoms with Crippen molar-refractivity contribution < 1.29 is 31.7 Å². The normalized spacial score (nSPS) is 23.6. The molecule has 0 aromatic carbocycles. The van der Waals surface area contributed by atoms with Gasteiger partial charge in [0.05, 0.1) is 5.56 Å². The third-order valence-corrected chi connectivity index (χ3v) is 4.81. The molecule has 1 amide bonds. The highest BCUT2D eigenvalue weighted by Crippen LogP contribution is 2.34. The Morgan fingerprint density at radius 2 is 2.14 bits per heavy atom. The molecular weight excluding hydrogens is 314 g/mol. The van der Waals surface area contributed by atoms with E-state index in [0.29, 0.717) is 6.54 Å². The standard InChI is InChI=1S/C13H13N3O3S.ClH/c14-10-11(17)16-6-8(7-20-12(10)16)5-15-3-1-9(2-4-15)13(18)19;/h1-4,6,10,12H,5,7,14H2;1H/t10-,12+;/m1./s1. The highest BCUT2D eigenvalue weighted by atomic mass is 35.5. The molecule has 3 rings (SSSR count). The quantitative estimate of drug-likeness (QED) is 0.451. The Morgan fingerprint density at radius 1 is 1.48 bits per heavy atom. The van der Waals surface area contributed by atoms with Gasteiger partial charge in [0.2, 0.25) is 5.91 Å². The molecule has 1 fully saturated rings. The molecule has 112 valence electrons. The SMILES string of the molecule is N[C@@H]1C(=O)N2C=C(C[n+]3ccc(C(=O)O)cc3)CS[C@@H]12.[Cl-]. The van der Waals surface area contributed by atoms with Gasteiger partial charge in [-0.3, -0.25) is 4.79 Å². The number of hydrogen-bond donors (Lipinski definition) is 2. The van der Waals surface area contributed by atoms with E-state index >= 15 is 0 Å². The van der Waals surface area contributed by atoms with Gasteiger partial charge in [-0.25, -0.2) is 9.36 Å². The fourth-order valence-electron chi connectivity index (χ4n) is 2.28. The number of thioether (sulfide) groups is 1. The fourth-order valence-corrected chi connectivity index (χ4v) is 3.48. The first-order chi connectivity index (χ1) is 9.56. The van der Waals surface area contributed by atoms with Crippen molar-refractivity contribution in [2.75, 3.05) is 5.75 Å². The lowest BCUT2D eigenvalue weighted by atomic mass is 10.1. The minimum atomic E-state index is -0.937. The van der Waals surface area contributed by atoms with E-state index in [2.05, 4.69) is 0 Å². The molecule has 8 heteroatoms. The lowest BCUT2D eigenvalue weighted by molar-refractivity contribution is -0.689. The summed E-state index contributed by atoms with van der Waals surface area (Å²) in [5.74, 6) is -0.144. The first-order valence-electron chi connectivity index (χ1n) is 6.17. The van der Waals surface area contributed by atoms with Crippen LogP contribution in [-0.4, -0.2) is 39.1 Å². The van der Waals surface area contributed by atoms with Crippen LogP contribution in [-0.2, 0) is 11.3 Å². The fraction of sp³-hybridized carbons (Fsp3) is 0.308. The Bertz CT molecular complexity index is 605. The number of β-lactam (4-membered cyclic amide) rings is 1. The number of carboxylic acids is 1. The zero-order valence-corrected chi connectivity index (χ0v) is 12.5. The second kappa shape index (κ2) is 6.05. The number of amides is 1. The van der Waals surface area contributed by atoms with Gasteiger partial charge in [0.15, 0.2) is 18.9 Å². The molecule has 1 saturated heterocycles. The van der Waals surface area contributed by atoms with Crippen LogP contribution in [0.15, 0.2) is 36.3 Å². The topological polar surface area (TPSA) is 87.5 Å². The predicted octanol–water partition coefficient (Wildman–Crippen LogP) is -3.20. The van der Waals surface area contributed by atoms with Crippen LogP contribution in [0.2, 0.25) is 0 Å². The molecule has 21 heavy (non-hydrogen) atoms. The van der Waals surface area contributed by atoms with Gasteiger partial charge in [-0.15, -0.1) is 11.8 Å². The summed E-state index contributed by atoms with van der Waals surface area (Å²) >= 11 is 1.66. The minimum Gasteiger partial charge on any atom is -1.00 e. The Labute approximate surface area is 132 Å². The molecule has 3 heterocycles. The van der Waals surface area contributed by atoms with Crippen molar-refractivity contribution in [3.63, 3.8) is 0 Å². The van der Waals surface area contributed by atoms with Crippen LogP contribution >= 0.6 is 11.8 Å². The number of aromatic carboxylic acids is 1. The molecule has 0 radical (unpaired) electrons. The zero-order valence-electron chi connectivity index (χ0n) is 11.0. The monoisotopic (exact) mass is 327 g/mol. The van der Waals surface area contributed by atoms with Gasteiger partial charge < -0.3 is 28.1 Å². The molecule has 1 aromatic heterocycles. The van der Waals surface area contributed by atoms with E-state index in [1.54, 1.807) is 41.2 Å². The van der Waals surface area contributed by atoms with E-state index in [-0.39, 0.29) is 35.3 Å². The number of aromatic nitrogens is 1. The molecule has 0 saturated carbocycles. The maximum atomic E-state index is 11.6. The van der Waals surface area contributed by atoms with Crippen LogP contribution < -0.4 is 22.7 Å². The average Bonchev–Trinajstić information content (AvgIpc) is 2.47. The molecule has 0 unspecified atom stereocenters. The number of carbonyl (C=O) groups is 2. The van der Waals surface area contributed by atoms with E-state index in [1.165, 1.54) is 0 Å². The van der Waals surface area contributed by atoms with Gasteiger partial charge in [0.1, 0.15) is 11.4 Å². The third-order valence-electron chi connectivity index (χ3n) is 3.41. The number of carbonyl (C=O) groups excluding carboxylic acids is 1. The summed E-state index contributed by atoms with van der Waals surface area (Å²) in [4.78, 5) is 24.0. The second-order valence-electron chi connectivity index (χ2n) is 4.82. The predicted molar refractivity (Wildman–Crippen MR) is 72.7 cm³/mol. The molecule has 0 aliphatic carbocycles. The van der Waals surface area contributed by atoms with Crippen molar-refractivity contribution in [1.82, 2.24) is 4.90 Å². The van der Waals surface area contributed by atoms with Crippen LogP contribution in [0.1, 0.15) is 10.4 Å². The van der Waals surface area contributed by atoms with Crippen LogP contribution in [0.4, 0.5) is 0 Å². The molecular formula is C13H14ClN3O3S. The van der Waals surface area contributed by atoms with Crippen molar-refractivity contribution in [3.05, 3.63) is 41.9 Å². The Hall–Kier alpha value is -1.57. The molecule has 0 spiro atoms. The molecule has 3 N–H and O–H groups in total. The first kappa shape index (κ1) is 15.8. The van der Waals surface area contributed by atoms with Crippen molar-refractivity contribution in [3.8, 4) is 0 Å². The second-order valence-corrected chi connectivity index (χ2v) is 5.93. The van der Waals surface area contributed by atoms with Crippen LogP contribution in [0.25, 0.3) is 0 Å². The molecule has 2 aliphatic heterocycles. The molecule has 2 aliphatic rings. The number of nitrogens with zero attached hydrogens (tertiary/aromatic N) is 2. The van der Waals surface area contributed by atoms with Gasteiger partial charge in [-0.2, -0.15) is 0 Å². The first-order valence-corrected chi connectivity index (χ1v) is 7.22. The van der Waals surface area contributed by atoms with Gasteiger partial charge in [-0.05, 0) is 0 Å². The highest BCUT2D eigenvalue weighted by molar-refractivity contribution is 8.00. The largest absolute Gasteiger partial charge is 1.00 e. The summed E-state index contributed by atoms with van der Waals surface area (Å²) in [6, 6.07) is 2.75. The lowest BCUT2D eigenvalue weighted by Crippen LogP contribution is -3.00. The van der Waals surface area contributed by atoms with E-state index in [0.717, 1.165) is 11.3 Å². The lowest BCUT2D eigenvalue weighted by Gasteiger charge is -2.45. The highest BCUT2D eigenvalue weighted by Gasteiger charge is 2.46. The average molecular weight is 328 g/mol. The smallest absolute Gasteiger partial charge is 0.336 e. The van der Waals surface area contributed by atoms with Crippen molar-refractivity contribution in [2.24, 2.45) is 5.73 Å². The summed E-state index contributed by atoms with van der Waals surface area (Å²) in [5, 5.41) is 8.92. The molecule has 1 aromatic rings. The van der Waals surface area contributed by atoms with Gasteiger partial charge >= 0.3 is 5.97 Å². The number of rotatable bonds is 3. The third kappa shape index (κ3) is 2.90.